The summed E-state index contributed by atoms with van der Waals surface area (Å²) in [7, 11) is -5.17. The molecule has 6 heteroatoms. The van der Waals surface area contributed by atoms with E-state index in [0.717, 1.165) is 0 Å². The van der Waals surface area contributed by atoms with Crippen molar-refractivity contribution in [3.63, 3.8) is 0 Å². The van der Waals surface area contributed by atoms with E-state index in [1.165, 1.54) is 0 Å². The zero-order valence-electron chi connectivity index (χ0n) is 9.37. The Morgan fingerprint density at radius 1 is 1.33 bits per heavy atom. The van der Waals surface area contributed by atoms with Crippen LogP contribution in [0.4, 0.5) is 0 Å². The molecule has 0 spiro atoms. The van der Waals surface area contributed by atoms with E-state index in [2.05, 4.69) is 0 Å². The fraction of sp³-hybridized carbons (Fsp3) is 0. The van der Waals surface area contributed by atoms with Gasteiger partial charge in [0.25, 0.3) is 0 Å². The van der Waals surface area contributed by atoms with Gasteiger partial charge in [0.05, 0.1) is 0 Å². The SMILES string of the molecule is O=S(=O)([O-])[O-].[Co+2].[H-].[H-].[H-].[H-].[H-].[H-].[H-]. The minimum Gasteiger partial charge on any atom is -1.00 e. The fourth-order valence-corrected chi connectivity index (χ4v) is 0. The van der Waals surface area contributed by atoms with Gasteiger partial charge in [-0.1, -0.05) is 0 Å². The summed E-state index contributed by atoms with van der Waals surface area (Å²) in [5, 5.41) is 0. The normalized spacial score (nSPS) is 9.67. The maximum absolute atomic E-state index is 8.52. The Hall–Kier alpha value is 0.376. The minimum absolute atomic E-state index is 0. The van der Waals surface area contributed by atoms with E-state index in [0.29, 0.717) is 0 Å². The largest absolute Gasteiger partial charge is 2.00 e. The molecule has 0 fully saturated rings. The molecule has 0 amide bonds. The predicted octanol–water partition coefficient (Wildman–Crippen LogP) is -0.553. The molecule has 0 aliphatic carbocycles. The summed E-state index contributed by atoms with van der Waals surface area (Å²) in [6, 6.07) is 0. The van der Waals surface area contributed by atoms with Gasteiger partial charge in [-0.25, -0.2) is 0 Å². The van der Waals surface area contributed by atoms with Crippen LogP contribution in [0, 0.1) is 0 Å². The van der Waals surface area contributed by atoms with Crippen LogP contribution in [0.2, 0.25) is 0 Å². The van der Waals surface area contributed by atoms with Crippen LogP contribution < -0.4 is 0 Å². The summed E-state index contributed by atoms with van der Waals surface area (Å²) >= 11 is 0. The zero-order chi connectivity index (χ0) is 4.50. The van der Waals surface area contributed by atoms with Gasteiger partial charge >= 0.3 is 16.8 Å². The minimum atomic E-state index is -5.17. The van der Waals surface area contributed by atoms with E-state index in [-0.39, 0.29) is 26.8 Å². The molecule has 6 heavy (non-hydrogen) atoms. The van der Waals surface area contributed by atoms with Crippen molar-refractivity contribution in [2.45, 2.75) is 0 Å². The molecule has 0 saturated heterocycles. The van der Waals surface area contributed by atoms with Gasteiger partial charge < -0.3 is 19.1 Å². The van der Waals surface area contributed by atoms with Crippen LogP contribution in [-0.2, 0) is 27.2 Å². The Balaban J connectivity index is -0.00000000286. The molecule has 0 heterocycles. The van der Waals surface area contributed by atoms with E-state index in [4.69, 9.17) is 17.5 Å². The first-order valence-electron chi connectivity index (χ1n) is 0.667. The monoisotopic (exact) mass is 162 g/mol. The summed E-state index contributed by atoms with van der Waals surface area (Å²) in [6.07, 6.45) is 0. The Morgan fingerprint density at radius 2 is 1.33 bits per heavy atom. The van der Waals surface area contributed by atoms with Crippen molar-refractivity contribution in [3.05, 3.63) is 0 Å². The Bertz CT molecular complexity index is 104. The molecule has 0 bridgehead atoms. The standard InChI is InChI=1S/Co.H2O4S.7H/c;1-5(2,3)4;;;;;;;/h;(H2,1,2,3,4);;;;;;;/q+2;;7*-1/p-2. The van der Waals surface area contributed by atoms with E-state index in [9.17, 15) is 0 Å². The van der Waals surface area contributed by atoms with Crippen LogP contribution in [-0.4, -0.2) is 17.5 Å². The van der Waals surface area contributed by atoms with Crippen molar-refractivity contribution in [1.82, 2.24) is 0 Å². The summed E-state index contributed by atoms with van der Waals surface area (Å²) in [6.45, 7) is 0. The van der Waals surface area contributed by atoms with E-state index in [1.54, 1.807) is 0 Å². The molecular weight excluding hydrogens is 155 g/mol. The first kappa shape index (κ1) is 9.62. The Morgan fingerprint density at radius 3 is 1.33 bits per heavy atom. The summed E-state index contributed by atoms with van der Waals surface area (Å²) in [4.78, 5) is 0. The second-order valence-corrected chi connectivity index (χ2v) is 1.22. The van der Waals surface area contributed by atoms with Crippen molar-refractivity contribution in [3.8, 4) is 0 Å². The fourth-order valence-electron chi connectivity index (χ4n) is 0. The topological polar surface area (TPSA) is 80.3 Å². The van der Waals surface area contributed by atoms with Gasteiger partial charge in [-0.3, -0.25) is 8.42 Å². The molecule has 0 unspecified atom stereocenters. The van der Waals surface area contributed by atoms with Crippen molar-refractivity contribution in [2.24, 2.45) is 0 Å². The summed E-state index contributed by atoms with van der Waals surface area (Å²) in [5.41, 5.74) is 0. The average molecular weight is 162 g/mol. The first-order valence-corrected chi connectivity index (χ1v) is 2.00. The maximum atomic E-state index is 8.52. The zero-order valence-corrected chi connectivity index (χ0v) is 4.23. The Kier molecular flexibility index (Phi) is 4.06. The van der Waals surface area contributed by atoms with Crippen molar-refractivity contribution in [1.29, 1.82) is 0 Å². The smallest absolute Gasteiger partial charge is 1.00 e. The maximum Gasteiger partial charge on any atom is 2.00 e. The van der Waals surface area contributed by atoms with Gasteiger partial charge in [-0.2, -0.15) is 0 Å². The molecule has 0 rings (SSSR count). The quantitative estimate of drug-likeness (QED) is 0.353. The predicted molar refractivity (Wildman–Crippen MR) is 18.3 cm³/mol. The molecule has 0 aromatic carbocycles. The van der Waals surface area contributed by atoms with Crippen molar-refractivity contribution in [2.75, 3.05) is 0 Å². The van der Waals surface area contributed by atoms with E-state index in [1.807, 2.05) is 0 Å². The molecule has 0 aromatic heterocycles. The van der Waals surface area contributed by atoms with Crippen LogP contribution >= 0.6 is 0 Å². The van der Waals surface area contributed by atoms with Crippen LogP contribution in [0.25, 0.3) is 0 Å². The molecular formula is H7CoO4S-7. The first-order chi connectivity index (χ1) is 2.00. The van der Waals surface area contributed by atoms with Gasteiger partial charge in [-0.05, 0) is 0 Å². The van der Waals surface area contributed by atoms with Crippen molar-refractivity contribution >= 4 is 10.4 Å². The molecule has 53 valence electrons. The summed E-state index contributed by atoms with van der Waals surface area (Å²) in [5.74, 6) is 0. The van der Waals surface area contributed by atoms with Crippen LogP contribution in [0.3, 0.4) is 0 Å². The van der Waals surface area contributed by atoms with E-state index >= 15 is 0 Å². The van der Waals surface area contributed by atoms with Gasteiger partial charge in [0.2, 0.25) is 0 Å². The molecule has 0 N–H and O–H groups in total. The molecule has 0 aliphatic heterocycles. The third-order valence-electron chi connectivity index (χ3n) is 0. The molecule has 1 radical (unpaired) electrons. The third kappa shape index (κ3) is 352. The number of hydrogen-bond donors (Lipinski definition) is 0. The second kappa shape index (κ2) is 2.53. The van der Waals surface area contributed by atoms with Gasteiger partial charge in [0, 0.05) is 10.4 Å². The molecule has 0 aliphatic rings. The second-order valence-electron chi connectivity index (χ2n) is 0.408. The van der Waals surface area contributed by atoms with Gasteiger partial charge in [0.15, 0.2) is 0 Å². The average Bonchev–Trinajstić information content (AvgIpc) is 0.722. The number of hydrogen-bond acceptors (Lipinski definition) is 4. The van der Waals surface area contributed by atoms with Crippen LogP contribution in [0.5, 0.6) is 0 Å². The van der Waals surface area contributed by atoms with E-state index < -0.39 is 10.4 Å². The van der Waals surface area contributed by atoms with Crippen molar-refractivity contribution < 1.29 is 44.3 Å². The van der Waals surface area contributed by atoms with Gasteiger partial charge in [-0.15, -0.1) is 0 Å². The summed E-state index contributed by atoms with van der Waals surface area (Å²) < 4.78 is 34.1. The van der Waals surface area contributed by atoms with Gasteiger partial charge in [0.1, 0.15) is 0 Å². The number of rotatable bonds is 0. The Labute approximate surface area is 55.7 Å². The molecule has 0 saturated carbocycles. The third-order valence-corrected chi connectivity index (χ3v) is 0. The molecule has 0 atom stereocenters. The molecule has 0 aromatic rings. The van der Waals surface area contributed by atoms with Crippen LogP contribution in [0.1, 0.15) is 9.99 Å². The molecule has 4 nitrogen and oxygen atoms in total. The van der Waals surface area contributed by atoms with Crippen LogP contribution in [0.15, 0.2) is 0 Å².